The number of carbonyl (C=O) groups is 5. The van der Waals surface area contributed by atoms with Gasteiger partial charge in [0.15, 0.2) is 0 Å². The quantitative estimate of drug-likeness (QED) is 0.0885. The molecule has 0 aromatic heterocycles. The number of aliphatic hydroxyl groups is 2. The van der Waals surface area contributed by atoms with E-state index in [0.717, 1.165) is 0 Å². The van der Waals surface area contributed by atoms with E-state index in [1.807, 2.05) is 13.8 Å². The zero-order valence-electron chi connectivity index (χ0n) is 20.5. The Morgan fingerprint density at radius 2 is 1.37 bits per heavy atom. The minimum absolute atomic E-state index is 0.00264. The summed E-state index contributed by atoms with van der Waals surface area (Å²) in [6.45, 7) is 4.01. The maximum atomic E-state index is 12.7. The van der Waals surface area contributed by atoms with E-state index < -0.39 is 66.5 Å². The molecule has 0 aliphatic carbocycles. The number of nitrogens with two attached hydrogens (primary N) is 2. The molecule has 0 spiro atoms. The normalized spacial score (nSPS) is 15.3. The van der Waals surface area contributed by atoms with Gasteiger partial charge in [0.1, 0.15) is 24.2 Å². The van der Waals surface area contributed by atoms with Crippen LogP contribution < -0.4 is 32.7 Å². The molecule has 35 heavy (non-hydrogen) atoms. The van der Waals surface area contributed by atoms with Crippen LogP contribution in [0.15, 0.2) is 0 Å². The number of nitrogens with one attached hydrogen (secondary N) is 4. The molecule has 0 heterocycles. The van der Waals surface area contributed by atoms with E-state index in [-0.39, 0.29) is 25.3 Å². The van der Waals surface area contributed by atoms with Crippen LogP contribution in [0, 0.1) is 5.92 Å². The molecule has 0 aromatic carbocycles. The molecule has 0 fully saturated rings. The molecule has 0 aliphatic heterocycles. The minimum Gasteiger partial charge on any atom is -0.480 e. The van der Waals surface area contributed by atoms with Crippen molar-refractivity contribution in [3.8, 4) is 0 Å². The first-order chi connectivity index (χ1) is 16.4. The lowest BCUT2D eigenvalue weighted by molar-refractivity contribution is -0.143. The van der Waals surface area contributed by atoms with Gasteiger partial charge in [-0.3, -0.25) is 19.2 Å². The Kier molecular flexibility index (Phi) is 15.4. The van der Waals surface area contributed by atoms with Crippen LogP contribution in [0.3, 0.4) is 0 Å². The second-order valence-corrected chi connectivity index (χ2v) is 8.61. The Hall–Kier alpha value is -2.81. The van der Waals surface area contributed by atoms with Gasteiger partial charge in [-0.2, -0.15) is 0 Å². The predicted molar refractivity (Wildman–Crippen MR) is 126 cm³/mol. The first-order valence-corrected chi connectivity index (χ1v) is 11.5. The lowest BCUT2D eigenvalue weighted by Crippen LogP contribution is -2.61. The summed E-state index contributed by atoms with van der Waals surface area (Å²) in [7, 11) is 0. The Morgan fingerprint density at radius 1 is 0.800 bits per heavy atom. The molecule has 5 atom stereocenters. The molecule has 0 aliphatic rings. The molecule has 0 saturated carbocycles. The third-order valence-electron chi connectivity index (χ3n) is 4.98. The van der Waals surface area contributed by atoms with Crippen molar-refractivity contribution in [2.45, 2.75) is 76.7 Å². The lowest BCUT2D eigenvalue weighted by atomic mass is 10.0. The first-order valence-electron chi connectivity index (χ1n) is 11.5. The average molecular weight is 505 g/mol. The van der Waals surface area contributed by atoms with Crippen molar-refractivity contribution in [3.05, 3.63) is 0 Å². The summed E-state index contributed by atoms with van der Waals surface area (Å²) in [6.07, 6.45) is -0.0807. The van der Waals surface area contributed by atoms with Crippen LogP contribution in [0.5, 0.6) is 0 Å². The number of amides is 4. The van der Waals surface area contributed by atoms with Crippen molar-refractivity contribution in [1.82, 2.24) is 21.3 Å². The van der Waals surface area contributed by atoms with E-state index in [4.69, 9.17) is 11.5 Å². The van der Waals surface area contributed by atoms with Crippen LogP contribution >= 0.6 is 0 Å². The SMILES string of the molecule is CC(C)C[C@H](NC(=O)CN)C(=O)N[C@H](C(=O)N[C@@H](CO)C(=O)N[C@@H](CCCCN)C(=O)O)[C@@H](C)O. The lowest BCUT2D eigenvalue weighted by Gasteiger charge is -2.27. The summed E-state index contributed by atoms with van der Waals surface area (Å²) in [5.41, 5.74) is 10.7. The highest BCUT2D eigenvalue weighted by Crippen LogP contribution is 2.07. The Bertz CT molecular complexity index is 718. The van der Waals surface area contributed by atoms with E-state index >= 15 is 0 Å². The van der Waals surface area contributed by atoms with Crippen molar-refractivity contribution in [2.75, 3.05) is 19.7 Å². The van der Waals surface area contributed by atoms with Crippen LogP contribution in [-0.2, 0) is 24.0 Å². The van der Waals surface area contributed by atoms with Crippen molar-refractivity contribution < 1.29 is 39.3 Å². The van der Waals surface area contributed by atoms with Gasteiger partial charge >= 0.3 is 5.97 Å². The van der Waals surface area contributed by atoms with E-state index in [0.29, 0.717) is 19.4 Å². The molecule has 14 heteroatoms. The second-order valence-electron chi connectivity index (χ2n) is 8.61. The fraction of sp³-hybridized carbons (Fsp3) is 0.762. The number of unbranched alkanes of at least 4 members (excludes halogenated alkanes) is 1. The highest BCUT2D eigenvalue weighted by atomic mass is 16.4. The largest absolute Gasteiger partial charge is 0.480 e. The van der Waals surface area contributed by atoms with Crippen LogP contribution in [0.1, 0.15) is 46.5 Å². The first kappa shape index (κ1) is 32.2. The van der Waals surface area contributed by atoms with Gasteiger partial charge in [0, 0.05) is 0 Å². The minimum atomic E-state index is -1.54. The van der Waals surface area contributed by atoms with Crippen molar-refractivity contribution in [1.29, 1.82) is 0 Å². The zero-order chi connectivity index (χ0) is 27.1. The molecule has 202 valence electrons. The number of aliphatic hydroxyl groups excluding tert-OH is 2. The van der Waals surface area contributed by atoms with Gasteiger partial charge in [-0.1, -0.05) is 13.8 Å². The van der Waals surface area contributed by atoms with Gasteiger partial charge in [-0.05, 0) is 45.1 Å². The van der Waals surface area contributed by atoms with E-state index in [9.17, 15) is 39.3 Å². The van der Waals surface area contributed by atoms with Crippen molar-refractivity contribution in [2.24, 2.45) is 17.4 Å². The summed E-state index contributed by atoms with van der Waals surface area (Å²) >= 11 is 0. The van der Waals surface area contributed by atoms with Gasteiger partial charge in [0.25, 0.3) is 0 Å². The fourth-order valence-electron chi connectivity index (χ4n) is 3.09. The van der Waals surface area contributed by atoms with Crippen LogP contribution in [0.25, 0.3) is 0 Å². The number of hydrogen-bond donors (Lipinski definition) is 9. The number of rotatable bonds is 17. The molecular weight excluding hydrogens is 464 g/mol. The van der Waals surface area contributed by atoms with Gasteiger partial charge in [0.05, 0.1) is 19.3 Å². The summed E-state index contributed by atoms with van der Waals surface area (Å²) in [5.74, 6) is -4.58. The molecule has 0 unspecified atom stereocenters. The molecule has 11 N–H and O–H groups in total. The Balaban J connectivity index is 5.36. The van der Waals surface area contributed by atoms with Crippen LogP contribution in [-0.4, -0.2) is 94.9 Å². The fourth-order valence-corrected chi connectivity index (χ4v) is 3.09. The molecule has 0 saturated heterocycles. The number of aliphatic carboxylic acids is 1. The zero-order valence-corrected chi connectivity index (χ0v) is 20.5. The van der Waals surface area contributed by atoms with Crippen LogP contribution in [0.4, 0.5) is 0 Å². The maximum Gasteiger partial charge on any atom is 0.326 e. The number of carbonyl (C=O) groups excluding carboxylic acids is 4. The summed E-state index contributed by atoms with van der Waals surface area (Å²) < 4.78 is 0. The number of hydrogen-bond acceptors (Lipinski definition) is 9. The third-order valence-corrected chi connectivity index (χ3v) is 4.98. The maximum absolute atomic E-state index is 12.7. The monoisotopic (exact) mass is 504 g/mol. The van der Waals surface area contributed by atoms with Crippen molar-refractivity contribution in [3.63, 3.8) is 0 Å². The molecular formula is C21H40N6O8. The Labute approximate surface area is 204 Å². The molecule has 0 radical (unpaired) electrons. The predicted octanol–water partition coefficient (Wildman–Crippen LogP) is -3.48. The topological polar surface area (TPSA) is 246 Å². The summed E-state index contributed by atoms with van der Waals surface area (Å²) in [4.78, 5) is 61.0. The number of carboxylic acids is 1. The van der Waals surface area contributed by atoms with Gasteiger partial charge in [-0.15, -0.1) is 0 Å². The standard InChI is InChI=1S/C21H40N6O8/c1-11(2)8-14(24-16(30)9-23)18(31)27-17(12(3)29)20(33)26-15(10-28)19(32)25-13(21(34)35)6-4-5-7-22/h11-15,17,28-29H,4-10,22-23H2,1-3H3,(H,24,30)(H,25,32)(H,26,33)(H,27,31)(H,34,35)/t12-,13+,14+,15+,17+/m1/s1. The summed E-state index contributed by atoms with van der Waals surface area (Å²) in [6, 6.07) is -5.36. The van der Waals surface area contributed by atoms with E-state index in [1.165, 1.54) is 6.92 Å². The molecule has 14 nitrogen and oxygen atoms in total. The second kappa shape index (κ2) is 16.8. The van der Waals surface area contributed by atoms with Gasteiger partial charge in [-0.25, -0.2) is 4.79 Å². The van der Waals surface area contributed by atoms with Gasteiger partial charge in [0.2, 0.25) is 23.6 Å². The van der Waals surface area contributed by atoms with E-state index in [1.54, 1.807) is 0 Å². The molecule has 0 bridgehead atoms. The molecule has 0 aromatic rings. The highest BCUT2D eigenvalue weighted by molar-refractivity contribution is 5.95. The molecule has 4 amide bonds. The number of carboxylic acid groups (broad SMARTS) is 1. The van der Waals surface area contributed by atoms with E-state index in [2.05, 4.69) is 21.3 Å². The van der Waals surface area contributed by atoms with Gasteiger partial charge < -0.3 is 48.1 Å². The smallest absolute Gasteiger partial charge is 0.326 e. The van der Waals surface area contributed by atoms with Crippen LogP contribution in [0.2, 0.25) is 0 Å². The highest BCUT2D eigenvalue weighted by Gasteiger charge is 2.33. The summed E-state index contributed by atoms with van der Waals surface area (Å²) in [5, 5.41) is 38.2. The van der Waals surface area contributed by atoms with Crippen molar-refractivity contribution >= 4 is 29.6 Å². The average Bonchev–Trinajstić information content (AvgIpc) is 2.78. The Morgan fingerprint density at radius 3 is 1.83 bits per heavy atom. The molecule has 0 rings (SSSR count). The third kappa shape index (κ3) is 12.5.